The minimum Gasteiger partial charge on any atom is -0.497 e. The molecule has 150 valence electrons. The van der Waals surface area contributed by atoms with Gasteiger partial charge in [-0.25, -0.2) is 0 Å². The fourth-order valence-corrected chi connectivity index (χ4v) is 3.82. The fourth-order valence-electron chi connectivity index (χ4n) is 3.82. The lowest BCUT2D eigenvalue weighted by Gasteiger charge is -2.30. The van der Waals surface area contributed by atoms with Crippen LogP contribution in [0.1, 0.15) is 43.0 Å². The molecule has 1 heterocycles. The van der Waals surface area contributed by atoms with E-state index in [2.05, 4.69) is 36.1 Å². The molecule has 0 bridgehead atoms. The van der Waals surface area contributed by atoms with E-state index in [-0.39, 0.29) is 18.0 Å². The quantitative estimate of drug-likeness (QED) is 0.724. The highest BCUT2D eigenvalue weighted by molar-refractivity contribution is 5.79. The Morgan fingerprint density at radius 1 is 1.07 bits per heavy atom. The van der Waals surface area contributed by atoms with Crippen molar-refractivity contribution in [3.05, 3.63) is 59.7 Å². The van der Waals surface area contributed by atoms with Gasteiger partial charge in [-0.05, 0) is 62.2 Å². The average molecular weight is 383 g/mol. The third kappa shape index (κ3) is 4.47. The van der Waals surface area contributed by atoms with E-state index >= 15 is 0 Å². The maximum absolute atomic E-state index is 13.0. The van der Waals surface area contributed by atoms with Crippen molar-refractivity contribution in [1.82, 2.24) is 9.80 Å². The number of benzene rings is 2. The third-order valence-electron chi connectivity index (χ3n) is 5.72. The number of ether oxygens (including phenoxy) is 2. The first-order chi connectivity index (χ1) is 13.5. The molecule has 1 aliphatic rings. The molecule has 0 saturated carbocycles. The highest BCUT2D eigenvalue weighted by Crippen LogP contribution is 2.33. The van der Waals surface area contributed by atoms with Gasteiger partial charge < -0.3 is 14.4 Å². The van der Waals surface area contributed by atoms with Gasteiger partial charge in [-0.2, -0.15) is 0 Å². The van der Waals surface area contributed by atoms with E-state index in [1.165, 1.54) is 11.1 Å². The van der Waals surface area contributed by atoms with Crippen molar-refractivity contribution >= 4 is 5.91 Å². The van der Waals surface area contributed by atoms with Crippen molar-refractivity contribution in [2.45, 2.75) is 31.8 Å². The van der Waals surface area contributed by atoms with Crippen LogP contribution in [0.2, 0.25) is 0 Å². The molecular weight excluding hydrogens is 352 g/mol. The van der Waals surface area contributed by atoms with Crippen LogP contribution in [0.3, 0.4) is 0 Å². The van der Waals surface area contributed by atoms with E-state index in [4.69, 9.17) is 9.47 Å². The molecule has 5 heteroatoms. The van der Waals surface area contributed by atoms with Crippen LogP contribution in [0.5, 0.6) is 11.5 Å². The van der Waals surface area contributed by atoms with Crippen molar-refractivity contribution in [1.29, 1.82) is 0 Å². The minimum absolute atomic E-state index is 0.150. The first kappa shape index (κ1) is 20.2. The van der Waals surface area contributed by atoms with E-state index in [1.54, 1.807) is 14.2 Å². The number of methoxy groups -OCH3 is 2. The number of amides is 1. The Bertz CT molecular complexity index is 773. The largest absolute Gasteiger partial charge is 0.497 e. The summed E-state index contributed by atoms with van der Waals surface area (Å²) in [6, 6.07) is 16.4. The van der Waals surface area contributed by atoms with E-state index in [9.17, 15) is 4.79 Å². The maximum Gasteiger partial charge on any atom is 0.237 e. The zero-order valence-corrected chi connectivity index (χ0v) is 17.2. The normalized spacial score (nSPS) is 17.6. The number of hydrogen-bond donors (Lipinski definition) is 0. The lowest BCUT2D eigenvalue weighted by Crippen LogP contribution is -2.39. The summed E-state index contributed by atoms with van der Waals surface area (Å²) in [5.74, 6) is 1.86. The van der Waals surface area contributed by atoms with Crippen LogP contribution in [0.4, 0.5) is 0 Å². The number of carbonyl (C=O) groups is 1. The SMILES string of the molecule is COc1ccc(C(C)N(C)CC(=O)N2CCCC2c2ccc(OC)cc2)cc1. The van der Waals surface area contributed by atoms with Gasteiger partial charge >= 0.3 is 0 Å². The van der Waals surface area contributed by atoms with Crippen LogP contribution in [0, 0.1) is 0 Å². The Hall–Kier alpha value is -2.53. The highest BCUT2D eigenvalue weighted by Gasteiger charge is 2.30. The molecule has 2 aromatic rings. The predicted molar refractivity (Wildman–Crippen MR) is 111 cm³/mol. The molecule has 1 saturated heterocycles. The van der Waals surface area contributed by atoms with Crippen molar-refractivity contribution < 1.29 is 14.3 Å². The average Bonchev–Trinajstić information content (AvgIpc) is 3.23. The number of likely N-dealkylation sites (N-methyl/N-ethyl adjacent to an activating group) is 1. The molecule has 28 heavy (non-hydrogen) atoms. The molecule has 2 unspecified atom stereocenters. The second-order valence-electron chi connectivity index (χ2n) is 7.38. The molecule has 0 radical (unpaired) electrons. The maximum atomic E-state index is 13.0. The monoisotopic (exact) mass is 382 g/mol. The summed E-state index contributed by atoms with van der Waals surface area (Å²) < 4.78 is 10.5. The van der Waals surface area contributed by atoms with Gasteiger partial charge in [-0.15, -0.1) is 0 Å². The molecule has 1 aliphatic heterocycles. The fraction of sp³-hybridized carbons (Fsp3) is 0.435. The zero-order valence-electron chi connectivity index (χ0n) is 17.2. The van der Waals surface area contributed by atoms with Crippen LogP contribution >= 0.6 is 0 Å². The Morgan fingerprint density at radius 2 is 1.64 bits per heavy atom. The first-order valence-electron chi connectivity index (χ1n) is 9.81. The molecular formula is C23H30N2O3. The molecule has 2 aromatic carbocycles. The Balaban J connectivity index is 1.64. The molecule has 1 amide bonds. The zero-order chi connectivity index (χ0) is 20.1. The summed E-state index contributed by atoms with van der Waals surface area (Å²) in [5, 5.41) is 0. The molecule has 2 atom stereocenters. The van der Waals surface area contributed by atoms with Crippen LogP contribution in [0.15, 0.2) is 48.5 Å². The van der Waals surface area contributed by atoms with Gasteiger partial charge in [0, 0.05) is 12.6 Å². The van der Waals surface area contributed by atoms with Crippen LogP contribution in [-0.2, 0) is 4.79 Å². The summed E-state index contributed by atoms with van der Waals surface area (Å²) >= 11 is 0. The topological polar surface area (TPSA) is 42.0 Å². The highest BCUT2D eigenvalue weighted by atomic mass is 16.5. The number of nitrogens with zero attached hydrogens (tertiary/aromatic N) is 2. The van der Waals surface area contributed by atoms with E-state index in [0.717, 1.165) is 30.9 Å². The summed E-state index contributed by atoms with van der Waals surface area (Å²) in [4.78, 5) is 17.2. The van der Waals surface area contributed by atoms with Gasteiger partial charge in [0.15, 0.2) is 0 Å². The molecule has 0 aromatic heterocycles. The third-order valence-corrected chi connectivity index (χ3v) is 5.72. The molecule has 5 nitrogen and oxygen atoms in total. The predicted octanol–water partition coefficient (Wildman–Crippen LogP) is 4.06. The van der Waals surface area contributed by atoms with E-state index in [0.29, 0.717) is 6.54 Å². The van der Waals surface area contributed by atoms with Crippen molar-refractivity contribution in [2.75, 3.05) is 34.4 Å². The molecule has 1 fully saturated rings. The number of likely N-dealkylation sites (tertiary alicyclic amines) is 1. The summed E-state index contributed by atoms with van der Waals surface area (Å²) in [6.45, 7) is 3.35. The van der Waals surface area contributed by atoms with E-state index < -0.39 is 0 Å². The van der Waals surface area contributed by atoms with Gasteiger partial charge in [0.05, 0.1) is 26.8 Å². The molecule has 0 N–H and O–H groups in total. The van der Waals surface area contributed by atoms with Crippen molar-refractivity contribution in [2.24, 2.45) is 0 Å². The Kier molecular flexibility index (Phi) is 6.57. The second kappa shape index (κ2) is 9.11. The van der Waals surface area contributed by atoms with Gasteiger partial charge in [0.2, 0.25) is 5.91 Å². The number of hydrogen-bond acceptors (Lipinski definition) is 4. The Labute approximate surface area is 167 Å². The standard InChI is InChI=1S/C23H30N2O3/c1-17(18-7-11-20(27-3)12-8-18)24(2)16-23(26)25-15-5-6-22(25)19-9-13-21(28-4)14-10-19/h7-14,17,22H,5-6,15-16H2,1-4H3. The molecule has 0 spiro atoms. The lowest BCUT2D eigenvalue weighted by molar-refractivity contribution is -0.133. The molecule has 3 rings (SSSR count). The minimum atomic E-state index is 0.150. The van der Waals surface area contributed by atoms with Gasteiger partial charge in [-0.3, -0.25) is 9.69 Å². The number of carbonyl (C=O) groups excluding carboxylic acids is 1. The summed E-state index contributed by atoms with van der Waals surface area (Å²) in [5.41, 5.74) is 2.35. The van der Waals surface area contributed by atoms with Crippen molar-refractivity contribution in [3.63, 3.8) is 0 Å². The van der Waals surface area contributed by atoms with Crippen molar-refractivity contribution in [3.8, 4) is 11.5 Å². The van der Waals surface area contributed by atoms with Gasteiger partial charge in [0.25, 0.3) is 0 Å². The molecule has 0 aliphatic carbocycles. The van der Waals surface area contributed by atoms with Gasteiger partial charge in [0.1, 0.15) is 11.5 Å². The first-order valence-corrected chi connectivity index (χ1v) is 9.81. The smallest absolute Gasteiger partial charge is 0.237 e. The van der Waals surface area contributed by atoms with Crippen LogP contribution in [-0.4, -0.2) is 50.1 Å². The number of rotatable bonds is 7. The van der Waals surface area contributed by atoms with Gasteiger partial charge in [-0.1, -0.05) is 24.3 Å². The lowest BCUT2D eigenvalue weighted by atomic mass is 10.0. The van der Waals surface area contributed by atoms with Crippen LogP contribution in [0.25, 0.3) is 0 Å². The second-order valence-corrected chi connectivity index (χ2v) is 7.38. The summed E-state index contributed by atoms with van der Waals surface area (Å²) in [7, 11) is 5.34. The summed E-state index contributed by atoms with van der Waals surface area (Å²) in [6.07, 6.45) is 2.05. The van der Waals surface area contributed by atoms with Crippen LogP contribution < -0.4 is 9.47 Å². The Morgan fingerprint density at radius 3 is 2.21 bits per heavy atom. The van der Waals surface area contributed by atoms with E-state index in [1.807, 2.05) is 36.2 Å².